The van der Waals surface area contributed by atoms with Gasteiger partial charge in [0, 0.05) is 6.42 Å². The molecule has 1 aromatic carbocycles. The number of aldehydes is 1. The zero-order valence-electron chi connectivity index (χ0n) is 8.73. The van der Waals surface area contributed by atoms with Crippen molar-refractivity contribution < 1.29 is 4.79 Å². The van der Waals surface area contributed by atoms with Crippen LogP contribution in [0.4, 0.5) is 0 Å². The number of allylic oxidation sites excluding steroid dienone is 1. The number of carbonyl (C=O) groups is 1. The fraction of sp³-hybridized carbons (Fsp3) is 0.308. The SMILES string of the molecule is CC(C)c1ccc(/C=C/CC=O)cc1. The van der Waals surface area contributed by atoms with Crippen molar-refractivity contribution in [3.63, 3.8) is 0 Å². The average Bonchev–Trinajstić information content (AvgIpc) is 2.19. The quantitative estimate of drug-likeness (QED) is 0.662. The van der Waals surface area contributed by atoms with E-state index in [-0.39, 0.29) is 0 Å². The molecule has 14 heavy (non-hydrogen) atoms. The van der Waals surface area contributed by atoms with E-state index in [1.165, 1.54) is 5.56 Å². The average molecular weight is 188 g/mol. The Morgan fingerprint density at radius 1 is 1.21 bits per heavy atom. The maximum atomic E-state index is 10.1. The molecular weight excluding hydrogens is 172 g/mol. The molecular formula is C13H16O. The van der Waals surface area contributed by atoms with Crippen LogP contribution >= 0.6 is 0 Å². The molecule has 0 heterocycles. The summed E-state index contributed by atoms with van der Waals surface area (Å²) in [5.41, 5.74) is 2.49. The van der Waals surface area contributed by atoms with Gasteiger partial charge in [-0.2, -0.15) is 0 Å². The second kappa shape index (κ2) is 5.38. The summed E-state index contributed by atoms with van der Waals surface area (Å²) in [6, 6.07) is 8.42. The maximum Gasteiger partial charge on any atom is 0.123 e. The minimum Gasteiger partial charge on any atom is -0.303 e. The lowest BCUT2D eigenvalue weighted by atomic mass is 10.0. The fourth-order valence-electron chi connectivity index (χ4n) is 1.25. The van der Waals surface area contributed by atoms with Gasteiger partial charge in [0.05, 0.1) is 0 Å². The Bertz CT molecular complexity index is 307. The van der Waals surface area contributed by atoms with Gasteiger partial charge in [-0.15, -0.1) is 0 Å². The highest BCUT2D eigenvalue weighted by molar-refractivity contribution is 5.58. The molecule has 0 aliphatic heterocycles. The van der Waals surface area contributed by atoms with Gasteiger partial charge >= 0.3 is 0 Å². The number of hydrogen-bond donors (Lipinski definition) is 0. The van der Waals surface area contributed by atoms with Gasteiger partial charge in [0.25, 0.3) is 0 Å². The summed E-state index contributed by atoms with van der Waals surface area (Å²) in [7, 11) is 0. The Balaban J connectivity index is 2.68. The Morgan fingerprint density at radius 3 is 2.36 bits per heavy atom. The second-order valence-corrected chi connectivity index (χ2v) is 3.63. The predicted molar refractivity (Wildman–Crippen MR) is 60.2 cm³/mol. The van der Waals surface area contributed by atoms with Crippen molar-refractivity contribution in [3.05, 3.63) is 41.5 Å². The van der Waals surface area contributed by atoms with Crippen molar-refractivity contribution in [3.8, 4) is 0 Å². The lowest BCUT2D eigenvalue weighted by Crippen LogP contribution is -1.85. The van der Waals surface area contributed by atoms with Crippen LogP contribution in [-0.2, 0) is 4.79 Å². The predicted octanol–water partition coefficient (Wildman–Crippen LogP) is 3.41. The van der Waals surface area contributed by atoms with Crippen molar-refractivity contribution in [2.45, 2.75) is 26.2 Å². The van der Waals surface area contributed by atoms with E-state index in [2.05, 4.69) is 38.1 Å². The molecule has 0 fully saturated rings. The zero-order valence-corrected chi connectivity index (χ0v) is 8.73. The van der Waals surface area contributed by atoms with E-state index < -0.39 is 0 Å². The summed E-state index contributed by atoms with van der Waals surface area (Å²) in [6.45, 7) is 4.36. The van der Waals surface area contributed by atoms with Crippen LogP contribution < -0.4 is 0 Å². The third-order valence-electron chi connectivity index (χ3n) is 2.15. The second-order valence-electron chi connectivity index (χ2n) is 3.63. The molecule has 0 radical (unpaired) electrons. The molecule has 0 spiro atoms. The molecule has 1 aromatic rings. The molecule has 0 saturated carbocycles. The van der Waals surface area contributed by atoms with Crippen LogP contribution in [0.3, 0.4) is 0 Å². The molecule has 1 rings (SSSR count). The van der Waals surface area contributed by atoms with Gasteiger partial charge in [0.15, 0.2) is 0 Å². The fourth-order valence-corrected chi connectivity index (χ4v) is 1.25. The summed E-state index contributed by atoms with van der Waals surface area (Å²) in [5, 5.41) is 0. The Hall–Kier alpha value is -1.37. The van der Waals surface area contributed by atoms with Crippen molar-refractivity contribution >= 4 is 12.4 Å². The van der Waals surface area contributed by atoms with Crippen molar-refractivity contribution in [1.82, 2.24) is 0 Å². The third kappa shape index (κ3) is 3.17. The monoisotopic (exact) mass is 188 g/mol. The molecule has 0 aliphatic carbocycles. The van der Waals surface area contributed by atoms with E-state index in [1.807, 2.05) is 12.2 Å². The van der Waals surface area contributed by atoms with E-state index >= 15 is 0 Å². The molecule has 0 unspecified atom stereocenters. The van der Waals surface area contributed by atoms with Crippen LogP contribution in [0.25, 0.3) is 6.08 Å². The number of benzene rings is 1. The highest BCUT2D eigenvalue weighted by atomic mass is 16.1. The molecule has 0 aliphatic rings. The molecule has 0 aromatic heterocycles. The first kappa shape index (κ1) is 10.7. The first-order valence-electron chi connectivity index (χ1n) is 4.94. The lowest BCUT2D eigenvalue weighted by Gasteiger charge is -2.04. The van der Waals surface area contributed by atoms with Gasteiger partial charge in [-0.25, -0.2) is 0 Å². The largest absolute Gasteiger partial charge is 0.303 e. The summed E-state index contributed by atoms with van der Waals surface area (Å²) in [4.78, 5) is 10.1. The molecule has 74 valence electrons. The topological polar surface area (TPSA) is 17.1 Å². The number of carbonyl (C=O) groups excluding carboxylic acids is 1. The van der Waals surface area contributed by atoms with E-state index in [9.17, 15) is 4.79 Å². The van der Waals surface area contributed by atoms with Crippen LogP contribution in [0.15, 0.2) is 30.3 Å². The van der Waals surface area contributed by atoms with Gasteiger partial charge in [0.1, 0.15) is 6.29 Å². The number of hydrogen-bond acceptors (Lipinski definition) is 1. The van der Waals surface area contributed by atoms with Gasteiger partial charge in [-0.3, -0.25) is 0 Å². The maximum absolute atomic E-state index is 10.1. The number of rotatable bonds is 4. The normalized spacial score (nSPS) is 11.1. The van der Waals surface area contributed by atoms with Gasteiger partial charge in [0.2, 0.25) is 0 Å². The molecule has 0 saturated heterocycles. The van der Waals surface area contributed by atoms with Crippen LogP contribution in [-0.4, -0.2) is 6.29 Å². The van der Waals surface area contributed by atoms with Crippen LogP contribution in [0.1, 0.15) is 37.3 Å². The van der Waals surface area contributed by atoms with E-state index in [4.69, 9.17) is 0 Å². The smallest absolute Gasteiger partial charge is 0.123 e. The summed E-state index contributed by atoms with van der Waals surface area (Å²) >= 11 is 0. The first-order valence-corrected chi connectivity index (χ1v) is 4.94. The van der Waals surface area contributed by atoms with Gasteiger partial charge in [-0.05, 0) is 17.0 Å². The van der Waals surface area contributed by atoms with Crippen LogP contribution in [0, 0.1) is 0 Å². The summed E-state index contributed by atoms with van der Waals surface area (Å²) in [5.74, 6) is 0.572. The Labute approximate surface area is 85.5 Å². The minimum absolute atomic E-state index is 0.492. The molecule has 0 N–H and O–H groups in total. The van der Waals surface area contributed by atoms with E-state index in [1.54, 1.807) is 0 Å². The van der Waals surface area contributed by atoms with Crippen molar-refractivity contribution in [2.24, 2.45) is 0 Å². The molecule has 0 amide bonds. The highest BCUT2D eigenvalue weighted by Crippen LogP contribution is 2.15. The highest BCUT2D eigenvalue weighted by Gasteiger charge is 1.96. The Morgan fingerprint density at radius 2 is 1.86 bits per heavy atom. The summed E-state index contributed by atoms with van der Waals surface area (Å²) in [6.07, 6.45) is 5.24. The van der Waals surface area contributed by atoms with Crippen molar-refractivity contribution in [2.75, 3.05) is 0 Å². The molecule has 0 atom stereocenters. The molecule has 0 bridgehead atoms. The molecule has 1 nitrogen and oxygen atoms in total. The van der Waals surface area contributed by atoms with Crippen LogP contribution in [0.5, 0.6) is 0 Å². The lowest BCUT2D eigenvalue weighted by molar-refractivity contribution is -0.107. The molecule has 1 heteroatoms. The minimum atomic E-state index is 0.492. The van der Waals surface area contributed by atoms with Gasteiger partial charge < -0.3 is 4.79 Å². The third-order valence-corrected chi connectivity index (χ3v) is 2.15. The van der Waals surface area contributed by atoms with E-state index in [0.29, 0.717) is 12.3 Å². The standard InChI is InChI=1S/C13H16O/c1-11(2)13-8-6-12(7-9-13)5-3-4-10-14/h3,5-11H,4H2,1-2H3/b5-3+. The first-order chi connectivity index (χ1) is 6.74. The van der Waals surface area contributed by atoms with Crippen molar-refractivity contribution in [1.29, 1.82) is 0 Å². The van der Waals surface area contributed by atoms with E-state index in [0.717, 1.165) is 11.8 Å². The Kier molecular flexibility index (Phi) is 4.11. The van der Waals surface area contributed by atoms with Gasteiger partial charge in [-0.1, -0.05) is 50.3 Å². The zero-order chi connectivity index (χ0) is 10.4. The van der Waals surface area contributed by atoms with Crippen LogP contribution in [0.2, 0.25) is 0 Å². The summed E-state index contributed by atoms with van der Waals surface area (Å²) < 4.78 is 0.